The normalized spacial score (nSPS) is 18.8. The van der Waals surface area contributed by atoms with Crippen LogP contribution in [0.1, 0.15) is 24.1 Å². The number of thiophene rings is 1. The Balaban J connectivity index is 1.34. The van der Waals surface area contributed by atoms with Crippen molar-refractivity contribution in [3.05, 3.63) is 41.4 Å². The average Bonchev–Trinajstić information content (AvgIpc) is 3.24. The fourth-order valence-electron chi connectivity index (χ4n) is 3.81. The van der Waals surface area contributed by atoms with Gasteiger partial charge in [-0.05, 0) is 37.1 Å². The summed E-state index contributed by atoms with van der Waals surface area (Å²) in [5.74, 6) is 0.986. The van der Waals surface area contributed by atoms with Crippen LogP contribution in [0.15, 0.2) is 40.7 Å². The molecule has 0 radical (unpaired) electrons. The Hall–Kier alpha value is -1.97. The molecule has 0 N–H and O–H groups in total. The minimum Gasteiger partial charge on any atom is -0.353 e. The van der Waals surface area contributed by atoms with E-state index in [2.05, 4.69) is 9.88 Å². The maximum Gasteiger partial charge on any atom is 0.252 e. The van der Waals surface area contributed by atoms with Crippen LogP contribution in [-0.4, -0.2) is 67.8 Å². The lowest BCUT2D eigenvalue weighted by atomic mass is 10.2. The molecule has 7 nitrogen and oxygen atoms in total. The molecule has 0 aliphatic carbocycles. The Morgan fingerprint density at radius 1 is 0.966 bits per heavy atom. The van der Waals surface area contributed by atoms with E-state index in [9.17, 15) is 13.2 Å². The highest BCUT2D eigenvalue weighted by Crippen LogP contribution is 2.27. The number of piperidine rings is 1. The number of piperazine rings is 1. The van der Waals surface area contributed by atoms with Crippen LogP contribution in [0.5, 0.6) is 0 Å². The standard InChI is InChI=1S/C20H26N4O3S2/c25-19(23-14-12-22(13-15-23)18-6-2-3-9-21-18)16-17-7-8-20(28-17)29(26,27)24-10-4-1-5-11-24/h2-3,6-9H,1,4-5,10-16H2. The highest BCUT2D eigenvalue weighted by Gasteiger charge is 2.28. The van der Waals surface area contributed by atoms with Crippen LogP contribution in [0.3, 0.4) is 0 Å². The Kier molecular flexibility index (Phi) is 6.17. The smallest absolute Gasteiger partial charge is 0.252 e. The van der Waals surface area contributed by atoms with Gasteiger partial charge in [0.1, 0.15) is 10.0 Å². The van der Waals surface area contributed by atoms with E-state index in [4.69, 9.17) is 0 Å². The van der Waals surface area contributed by atoms with Crippen molar-refractivity contribution in [3.8, 4) is 0 Å². The molecular weight excluding hydrogens is 408 g/mol. The monoisotopic (exact) mass is 434 g/mol. The third kappa shape index (κ3) is 4.62. The number of anilines is 1. The summed E-state index contributed by atoms with van der Waals surface area (Å²) in [5, 5.41) is 0. The van der Waals surface area contributed by atoms with Crippen LogP contribution in [0.25, 0.3) is 0 Å². The Labute approximate surface area is 176 Å². The van der Waals surface area contributed by atoms with E-state index >= 15 is 0 Å². The van der Waals surface area contributed by atoms with Crippen molar-refractivity contribution in [2.75, 3.05) is 44.2 Å². The second-order valence-corrected chi connectivity index (χ2v) is 10.8. The molecule has 2 fully saturated rings. The largest absolute Gasteiger partial charge is 0.353 e. The molecule has 2 aliphatic rings. The molecular formula is C20H26N4O3S2. The summed E-state index contributed by atoms with van der Waals surface area (Å²) in [6.45, 7) is 3.99. The van der Waals surface area contributed by atoms with Crippen LogP contribution in [0.4, 0.5) is 5.82 Å². The molecule has 1 amide bonds. The Bertz CT molecular complexity index is 932. The number of hydrogen-bond donors (Lipinski definition) is 0. The van der Waals surface area contributed by atoms with Crippen LogP contribution in [-0.2, 0) is 21.2 Å². The number of carbonyl (C=O) groups is 1. The van der Waals surface area contributed by atoms with Gasteiger partial charge in [-0.25, -0.2) is 13.4 Å². The number of amides is 1. The van der Waals surface area contributed by atoms with Gasteiger partial charge in [0.2, 0.25) is 5.91 Å². The summed E-state index contributed by atoms with van der Waals surface area (Å²) in [5.41, 5.74) is 0. The number of pyridine rings is 1. The molecule has 0 spiro atoms. The number of hydrogen-bond acceptors (Lipinski definition) is 6. The Morgan fingerprint density at radius 2 is 1.72 bits per heavy atom. The van der Waals surface area contributed by atoms with Crippen molar-refractivity contribution in [2.45, 2.75) is 29.9 Å². The topological polar surface area (TPSA) is 73.8 Å². The number of rotatable bonds is 5. The number of carbonyl (C=O) groups excluding carboxylic acids is 1. The van der Waals surface area contributed by atoms with E-state index in [0.717, 1.165) is 43.0 Å². The van der Waals surface area contributed by atoms with E-state index in [0.29, 0.717) is 30.4 Å². The molecule has 2 aromatic rings. The lowest BCUT2D eigenvalue weighted by Gasteiger charge is -2.35. The van der Waals surface area contributed by atoms with E-state index in [1.54, 1.807) is 22.6 Å². The summed E-state index contributed by atoms with van der Waals surface area (Å²) in [4.78, 5) is 21.9. The molecule has 2 saturated heterocycles. The van der Waals surface area contributed by atoms with Crippen molar-refractivity contribution in [1.82, 2.24) is 14.2 Å². The molecule has 9 heteroatoms. The first kappa shape index (κ1) is 20.3. The number of nitrogens with zero attached hydrogens (tertiary/aromatic N) is 4. The van der Waals surface area contributed by atoms with Crippen LogP contribution in [0, 0.1) is 0 Å². The highest BCUT2D eigenvalue weighted by molar-refractivity contribution is 7.91. The lowest BCUT2D eigenvalue weighted by Crippen LogP contribution is -2.49. The van der Waals surface area contributed by atoms with E-state index in [1.165, 1.54) is 11.3 Å². The van der Waals surface area contributed by atoms with Gasteiger partial charge < -0.3 is 9.80 Å². The van der Waals surface area contributed by atoms with Gasteiger partial charge in [0.15, 0.2) is 0 Å². The second-order valence-electron chi connectivity index (χ2n) is 7.42. The van der Waals surface area contributed by atoms with Crippen LogP contribution in [0.2, 0.25) is 0 Å². The molecule has 0 unspecified atom stereocenters. The molecule has 156 valence electrons. The predicted octanol–water partition coefficient (Wildman–Crippen LogP) is 2.21. The molecule has 0 bridgehead atoms. The molecule has 0 aromatic carbocycles. The van der Waals surface area contributed by atoms with E-state index in [-0.39, 0.29) is 12.3 Å². The van der Waals surface area contributed by atoms with Gasteiger partial charge in [-0.1, -0.05) is 12.5 Å². The van der Waals surface area contributed by atoms with Gasteiger partial charge in [0, 0.05) is 50.3 Å². The molecule has 0 saturated carbocycles. The molecule has 2 aliphatic heterocycles. The minimum absolute atomic E-state index is 0.0504. The Morgan fingerprint density at radius 3 is 2.41 bits per heavy atom. The summed E-state index contributed by atoms with van der Waals surface area (Å²) >= 11 is 1.23. The van der Waals surface area contributed by atoms with Gasteiger partial charge in [0.05, 0.1) is 6.42 Å². The van der Waals surface area contributed by atoms with Crippen molar-refractivity contribution >= 4 is 33.1 Å². The quantitative estimate of drug-likeness (QED) is 0.721. The third-order valence-electron chi connectivity index (χ3n) is 5.48. The fraction of sp³-hybridized carbons (Fsp3) is 0.500. The van der Waals surface area contributed by atoms with Gasteiger partial charge in [-0.2, -0.15) is 4.31 Å². The first-order chi connectivity index (χ1) is 14.0. The zero-order chi connectivity index (χ0) is 20.3. The molecule has 4 heterocycles. The highest BCUT2D eigenvalue weighted by atomic mass is 32.2. The van der Waals surface area contributed by atoms with Gasteiger partial charge in [-0.3, -0.25) is 4.79 Å². The van der Waals surface area contributed by atoms with Gasteiger partial charge in [-0.15, -0.1) is 11.3 Å². The number of sulfonamides is 1. The maximum absolute atomic E-state index is 12.8. The van der Waals surface area contributed by atoms with Crippen molar-refractivity contribution in [3.63, 3.8) is 0 Å². The van der Waals surface area contributed by atoms with Gasteiger partial charge >= 0.3 is 0 Å². The zero-order valence-corrected chi connectivity index (χ0v) is 18.0. The number of aromatic nitrogens is 1. The maximum atomic E-state index is 12.8. The average molecular weight is 435 g/mol. The molecule has 0 atom stereocenters. The first-order valence-corrected chi connectivity index (χ1v) is 12.3. The van der Waals surface area contributed by atoms with E-state index < -0.39 is 10.0 Å². The summed E-state index contributed by atoms with van der Waals surface area (Å²) < 4.78 is 27.5. The lowest BCUT2D eigenvalue weighted by molar-refractivity contribution is -0.130. The first-order valence-electron chi connectivity index (χ1n) is 10.1. The van der Waals surface area contributed by atoms with Crippen molar-refractivity contribution < 1.29 is 13.2 Å². The molecule has 2 aromatic heterocycles. The third-order valence-corrected chi connectivity index (χ3v) is 8.93. The fourth-order valence-corrected chi connectivity index (χ4v) is 6.83. The summed E-state index contributed by atoms with van der Waals surface area (Å²) in [6, 6.07) is 9.27. The second kappa shape index (κ2) is 8.81. The summed E-state index contributed by atoms with van der Waals surface area (Å²) in [7, 11) is -3.43. The van der Waals surface area contributed by atoms with Gasteiger partial charge in [0.25, 0.3) is 10.0 Å². The van der Waals surface area contributed by atoms with Crippen molar-refractivity contribution in [1.29, 1.82) is 0 Å². The molecule has 29 heavy (non-hydrogen) atoms. The van der Waals surface area contributed by atoms with Crippen LogP contribution < -0.4 is 4.90 Å². The zero-order valence-electron chi connectivity index (χ0n) is 16.4. The van der Waals surface area contributed by atoms with Crippen molar-refractivity contribution in [2.24, 2.45) is 0 Å². The summed E-state index contributed by atoms with van der Waals surface area (Å²) in [6.07, 6.45) is 4.95. The molecule has 4 rings (SSSR count). The minimum atomic E-state index is -3.43. The predicted molar refractivity (Wildman–Crippen MR) is 114 cm³/mol. The van der Waals surface area contributed by atoms with Crippen LogP contribution >= 0.6 is 11.3 Å². The van der Waals surface area contributed by atoms with E-state index in [1.807, 2.05) is 23.1 Å². The SMILES string of the molecule is O=C(Cc1ccc(S(=O)(=O)N2CCCCC2)s1)N1CCN(c2ccccn2)CC1.